The summed E-state index contributed by atoms with van der Waals surface area (Å²) in [7, 11) is 0. The highest BCUT2D eigenvalue weighted by Crippen LogP contribution is 2.22. The van der Waals surface area contributed by atoms with Crippen molar-refractivity contribution in [1.29, 1.82) is 0 Å². The van der Waals surface area contributed by atoms with Crippen LogP contribution in [-0.4, -0.2) is 0 Å². The van der Waals surface area contributed by atoms with Crippen LogP contribution in [0.15, 0.2) is 104 Å². The Balaban J connectivity index is 0.000000188. The molecule has 4 rings (SSSR count). The van der Waals surface area contributed by atoms with Crippen LogP contribution < -0.4 is 5.32 Å². The number of hydrogen-bond donors (Lipinski definition) is 1. The van der Waals surface area contributed by atoms with Gasteiger partial charge in [0.25, 0.3) is 0 Å². The molecule has 4 aromatic carbocycles. The standard InChI is InChI=1S/C17H15N.C11H12/c1-13-6-9-16(10-7-13)18-17-11-8-14-4-2-3-5-15(14)12-17;1-3-7-11-9-6-5-8-10(11)4-2/h2-12,18H,1H3;3-9H,2H2,1H3/b;7-3-. The molecule has 0 unspecified atom stereocenters. The summed E-state index contributed by atoms with van der Waals surface area (Å²) in [6.45, 7) is 7.85. The van der Waals surface area contributed by atoms with E-state index < -0.39 is 0 Å². The van der Waals surface area contributed by atoms with Gasteiger partial charge in [0.15, 0.2) is 0 Å². The fourth-order valence-corrected chi connectivity index (χ4v) is 3.10. The maximum Gasteiger partial charge on any atom is 0.0390 e. The molecule has 0 aliphatic carbocycles. The van der Waals surface area contributed by atoms with E-state index in [1.165, 1.54) is 27.5 Å². The van der Waals surface area contributed by atoms with Gasteiger partial charge < -0.3 is 5.32 Å². The second-order valence-electron chi connectivity index (χ2n) is 6.89. The van der Waals surface area contributed by atoms with Crippen molar-refractivity contribution in [2.24, 2.45) is 0 Å². The minimum absolute atomic E-state index is 1.12. The molecular formula is C28H27N. The van der Waals surface area contributed by atoms with E-state index >= 15 is 0 Å². The second kappa shape index (κ2) is 10.1. The molecule has 1 nitrogen and oxygen atoms in total. The molecule has 29 heavy (non-hydrogen) atoms. The molecule has 0 aliphatic heterocycles. The molecule has 0 saturated carbocycles. The Morgan fingerprint density at radius 2 is 1.31 bits per heavy atom. The molecular weight excluding hydrogens is 350 g/mol. The minimum atomic E-state index is 1.12. The van der Waals surface area contributed by atoms with Gasteiger partial charge in [0, 0.05) is 11.4 Å². The first-order valence-corrected chi connectivity index (χ1v) is 9.86. The summed E-state index contributed by atoms with van der Waals surface area (Å²) in [5.41, 5.74) is 5.93. The molecule has 144 valence electrons. The van der Waals surface area contributed by atoms with Gasteiger partial charge in [0.1, 0.15) is 0 Å². The Kier molecular flexibility index (Phi) is 7.02. The quantitative estimate of drug-likeness (QED) is 0.377. The van der Waals surface area contributed by atoms with Gasteiger partial charge >= 0.3 is 0 Å². The third kappa shape index (κ3) is 5.70. The van der Waals surface area contributed by atoms with E-state index in [0.717, 1.165) is 11.4 Å². The third-order valence-corrected chi connectivity index (χ3v) is 4.65. The fraction of sp³-hybridized carbons (Fsp3) is 0.0714. The summed E-state index contributed by atoms with van der Waals surface area (Å²) in [4.78, 5) is 0. The fourth-order valence-electron chi connectivity index (χ4n) is 3.10. The van der Waals surface area contributed by atoms with Crippen molar-refractivity contribution < 1.29 is 0 Å². The smallest absolute Gasteiger partial charge is 0.0390 e. The highest BCUT2D eigenvalue weighted by Gasteiger charge is 1.97. The van der Waals surface area contributed by atoms with Crippen LogP contribution in [0.1, 0.15) is 23.6 Å². The summed E-state index contributed by atoms with van der Waals surface area (Å²) in [6.07, 6.45) is 5.98. The number of benzene rings is 4. The van der Waals surface area contributed by atoms with Crippen molar-refractivity contribution in [3.63, 3.8) is 0 Å². The average molecular weight is 378 g/mol. The lowest BCUT2D eigenvalue weighted by atomic mass is 10.1. The Morgan fingerprint density at radius 3 is 2.00 bits per heavy atom. The molecule has 0 heterocycles. The van der Waals surface area contributed by atoms with Gasteiger partial charge in [-0.05, 0) is 60.0 Å². The first-order valence-electron chi connectivity index (χ1n) is 9.86. The van der Waals surface area contributed by atoms with Gasteiger partial charge in [-0.25, -0.2) is 0 Å². The van der Waals surface area contributed by atoms with Crippen LogP contribution in [0, 0.1) is 6.92 Å². The summed E-state index contributed by atoms with van der Waals surface area (Å²) in [5, 5.41) is 5.95. The lowest BCUT2D eigenvalue weighted by Gasteiger charge is -2.08. The van der Waals surface area contributed by atoms with Crippen molar-refractivity contribution >= 4 is 34.3 Å². The van der Waals surface area contributed by atoms with Gasteiger partial charge in [0.05, 0.1) is 0 Å². The lowest BCUT2D eigenvalue weighted by molar-refractivity contribution is 1.46. The van der Waals surface area contributed by atoms with Crippen LogP contribution in [0.4, 0.5) is 11.4 Å². The van der Waals surface area contributed by atoms with Crippen LogP contribution in [0.3, 0.4) is 0 Å². The van der Waals surface area contributed by atoms with Crippen LogP contribution >= 0.6 is 0 Å². The van der Waals surface area contributed by atoms with Crippen molar-refractivity contribution in [2.75, 3.05) is 5.32 Å². The maximum absolute atomic E-state index is 3.74. The SMILES string of the molecule is C=Cc1ccccc1/C=C\C.Cc1ccc(Nc2ccc3ccccc3c2)cc1. The van der Waals surface area contributed by atoms with Crippen LogP contribution in [-0.2, 0) is 0 Å². The van der Waals surface area contributed by atoms with Crippen LogP contribution in [0.25, 0.3) is 22.9 Å². The number of fused-ring (bicyclic) bond motifs is 1. The lowest BCUT2D eigenvalue weighted by Crippen LogP contribution is -1.89. The van der Waals surface area contributed by atoms with Gasteiger partial charge in [-0.2, -0.15) is 0 Å². The van der Waals surface area contributed by atoms with E-state index in [-0.39, 0.29) is 0 Å². The maximum atomic E-state index is 3.74. The number of rotatable bonds is 4. The Morgan fingerprint density at radius 1 is 0.690 bits per heavy atom. The summed E-state index contributed by atoms with van der Waals surface area (Å²) in [5.74, 6) is 0. The van der Waals surface area contributed by atoms with Crippen LogP contribution in [0.5, 0.6) is 0 Å². The van der Waals surface area contributed by atoms with E-state index in [0.29, 0.717) is 0 Å². The van der Waals surface area contributed by atoms with Crippen molar-refractivity contribution in [3.05, 3.63) is 120 Å². The van der Waals surface area contributed by atoms with E-state index in [4.69, 9.17) is 0 Å². The highest BCUT2D eigenvalue weighted by molar-refractivity contribution is 5.86. The van der Waals surface area contributed by atoms with Crippen molar-refractivity contribution in [3.8, 4) is 0 Å². The van der Waals surface area contributed by atoms with Crippen molar-refractivity contribution in [2.45, 2.75) is 13.8 Å². The van der Waals surface area contributed by atoms with Crippen LogP contribution in [0.2, 0.25) is 0 Å². The zero-order valence-corrected chi connectivity index (χ0v) is 17.1. The molecule has 0 saturated heterocycles. The molecule has 1 N–H and O–H groups in total. The Labute approximate surface area is 174 Å². The number of aryl methyl sites for hydroxylation is 1. The zero-order valence-electron chi connectivity index (χ0n) is 17.1. The average Bonchev–Trinajstić information content (AvgIpc) is 2.76. The van der Waals surface area contributed by atoms with E-state index in [9.17, 15) is 0 Å². The monoisotopic (exact) mass is 377 g/mol. The number of allylic oxidation sites excluding steroid dienone is 1. The summed E-state index contributed by atoms with van der Waals surface area (Å²) >= 11 is 0. The Hall–Kier alpha value is -3.58. The van der Waals surface area contributed by atoms with Gasteiger partial charge in [-0.15, -0.1) is 0 Å². The first-order chi connectivity index (χ1) is 14.2. The second-order valence-corrected chi connectivity index (χ2v) is 6.89. The highest BCUT2D eigenvalue weighted by atomic mass is 14.9. The zero-order chi connectivity index (χ0) is 20.5. The normalized spacial score (nSPS) is 10.4. The predicted octanol–water partition coefficient (Wildman–Crippen LogP) is 8.25. The van der Waals surface area contributed by atoms with Gasteiger partial charge in [-0.1, -0.05) is 97.1 Å². The molecule has 0 radical (unpaired) electrons. The molecule has 0 spiro atoms. The molecule has 0 aromatic heterocycles. The molecule has 1 heteroatoms. The predicted molar refractivity (Wildman–Crippen MR) is 130 cm³/mol. The summed E-state index contributed by atoms with van der Waals surface area (Å²) in [6, 6.07) is 31.4. The Bertz CT molecular complexity index is 1100. The molecule has 0 bridgehead atoms. The number of anilines is 2. The topological polar surface area (TPSA) is 12.0 Å². The number of nitrogens with one attached hydrogen (secondary N) is 1. The minimum Gasteiger partial charge on any atom is -0.356 e. The molecule has 0 aliphatic rings. The van der Waals surface area contributed by atoms with Gasteiger partial charge in [-0.3, -0.25) is 0 Å². The molecule has 0 fully saturated rings. The van der Waals surface area contributed by atoms with E-state index in [1.807, 2.05) is 31.2 Å². The molecule has 0 amide bonds. The summed E-state index contributed by atoms with van der Waals surface area (Å²) < 4.78 is 0. The van der Waals surface area contributed by atoms with E-state index in [1.54, 1.807) is 0 Å². The first kappa shape index (κ1) is 20.2. The third-order valence-electron chi connectivity index (χ3n) is 4.65. The van der Waals surface area contributed by atoms with Gasteiger partial charge in [0.2, 0.25) is 0 Å². The largest absolute Gasteiger partial charge is 0.356 e. The molecule has 4 aromatic rings. The van der Waals surface area contributed by atoms with Crippen molar-refractivity contribution in [1.82, 2.24) is 0 Å². The van der Waals surface area contributed by atoms with E-state index in [2.05, 4.69) is 104 Å². The molecule has 0 atom stereocenters. The number of hydrogen-bond acceptors (Lipinski definition) is 1.